The summed E-state index contributed by atoms with van der Waals surface area (Å²) >= 11 is 0. The van der Waals surface area contributed by atoms with Gasteiger partial charge in [-0.1, -0.05) is 27.2 Å². The second-order valence-electron chi connectivity index (χ2n) is 6.45. The van der Waals surface area contributed by atoms with Crippen molar-refractivity contribution in [3.8, 4) is 0 Å². The van der Waals surface area contributed by atoms with Crippen molar-refractivity contribution in [3.05, 3.63) is 0 Å². The van der Waals surface area contributed by atoms with Crippen molar-refractivity contribution in [2.45, 2.75) is 65.0 Å². The Morgan fingerprint density at radius 3 is 2.37 bits per heavy atom. The van der Waals surface area contributed by atoms with Crippen molar-refractivity contribution in [1.29, 1.82) is 0 Å². The highest BCUT2D eigenvalue weighted by molar-refractivity contribution is 5.95. The van der Waals surface area contributed by atoms with Crippen LogP contribution in [0.2, 0.25) is 0 Å². The van der Waals surface area contributed by atoms with Gasteiger partial charge in [-0.05, 0) is 37.5 Å². The SMILES string of the molecule is CCCC1NC(=O)CN(C2CC(C)CC(C)C2)C1=O. The Morgan fingerprint density at radius 2 is 1.79 bits per heavy atom. The fraction of sp³-hybridized carbons (Fsp3) is 0.867. The van der Waals surface area contributed by atoms with Crippen LogP contribution in [0.4, 0.5) is 0 Å². The van der Waals surface area contributed by atoms with Crippen molar-refractivity contribution >= 4 is 11.8 Å². The van der Waals surface area contributed by atoms with Gasteiger partial charge in [-0.2, -0.15) is 0 Å². The average Bonchev–Trinajstić information content (AvgIpc) is 2.32. The van der Waals surface area contributed by atoms with Crippen LogP contribution in [-0.4, -0.2) is 35.3 Å². The number of nitrogens with zero attached hydrogens (tertiary/aromatic N) is 1. The number of nitrogens with one attached hydrogen (secondary N) is 1. The molecular weight excluding hydrogens is 240 g/mol. The molecular formula is C15H26N2O2. The Labute approximate surface area is 115 Å². The van der Waals surface area contributed by atoms with E-state index in [4.69, 9.17) is 0 Å². The minimum Gasteiger partial charge on any atom is -0.343 e. The fourth-order valence-corrected chi connectivity index (χ4v) is 3.69. The number of hydrogen-bond donors (Lipinski definition) is 1. The van der Waals surface area contributed by atoms with Crippen molar-refractivity contribution in [3.63, 3.8) is 0 Å². The highest BCUT2D eigenvalue weighted by Crippen LogP contribution is 2.32. The highest BCUT2D eigenvalue weighted by Gasteiger charge is 2.38. The van der Waals surface area contributed by atoms with Crippen LogP contribution < -0.4 is 5.32 Å². The van der Waals surface area contributed by atoms with Gasteiger partial charge in [0.15, 0.2) is 0 Å². The molecule has 0 aromatic carbocycles. The zero-order valence-electron chi connectivity index (χ0n) is 12.3. The van der Waals surface area contributed by atoms with Gasteiger partial charge in [-0.25, -0.2) is 0 Å². The van der Waals surface area contributed by atoms with E-state index >= 15 is 0 Å². The summed E-state index contributed by atoms with van der Waals surface area (Å²) in [5.41, 5.74) is 0. The molecule has 0 bridgehead atoms. The second kappa shape index (κ2) is 5.93. The maximum Gasteiger partial charge on any atom is 0.245 e. The maximum absolute atomic E-state index is 12.5. The van der Waals surface area contributed by atoms with Crippen molar-refractivity contribution in [1.82, 2.24) is 10.2 Å². The van der Waals surface area contributed by atoms with Crippen molar-refractivity contribution in [2.24, 2.45) is 11.8 Å². The number of carbonyl (C=O) groups excluding carboxylic acids is 2. The molecule has 3 atom stereocenters. The molecule has 108 valence electrons. The van der Waals surface area contributed by atoms with Crippen molar-refractivity contribution < 1.29 is 9.59 Å². The molecule has 4 nitrogen and oxygen atoms in total. The van der Waals surface area contributed by atoms with Crippen LogP contribution in [-0.2, 0) is 9.59 Å². The molecule has 1 heterocycles. The van der Waals surface area contributed by atoms with Crippen LogP contribution in [0.5, 0.6) is 0 Å². The summed E-state index contributed by atoms with van der Waals surface area (Å²) in [5, 5.41) is 2.83. The lowest BCUT2D eigenvalue weighted by atomic mass is 9.79. The van der Waals surface area contributed by atoms with E-state index in [0.717, 1.165) is 25.7 Å². The van der Waals surface area contributed by atoms with Crippen LogP contribution in [0.15, 0.2) is 0 Å². The molecule has 1 aliphatic carbocycles. The Kier molecular flexibility index (Phi) is 4.48. The zero-order chi connectivity index (χ0) is 14.0. The average molecular weight is 266 g/mol. The maximum atomic E-state index is 12.5. The van der Waals surface area contributed by atoms with Crippen LogP contribution in [0, 0.1) is 11.8 Å². The van der Waals surface area contributed by atoms with Gasteiger partial charge in [-0.15, -0.1) is 0 Å². The molecule has 2 rings (SSSR count). The van der Waals surface area contributed by atoms with E-state index in [0.29, 0.717) is 11.8 Å². The van der Waals surface area contributed by atoms with E-state index in [2.05, 4.69) is 19.2 Å². The van der Waals surface area contributed by atoms with Gasteiger partial charge >= 0.3 is 0 Å². The van der Waals surface area contributed by atoms with Gasteiger partial charge in [0.2, 0.25) is 11.8 Å². The molecule has 2 aliphatic rings. The van der Waals surface area contributed by atoms with Gasteiger partial charge in [0.05, 0.1) is 6.54 Å². The summed E-state index contributed by atoms with van der Waals surface area (Å²) in [5.74, 6) is 1.43. The molecule has 0 aromatic rings. The molecule has 1 N–H and O–H groups in total. The standard InChI is InChI=1S/C15H26N2O2/c1-4-5-13-15(19)17(9-14(18)16-13)12-7-10(2)6-11(3)8-12/h10-13H,4-9H2,1-3H3,(H,16,18). The molecule has 1 saturated carbocycles. The minimum atomic E-state index is -0.293. The summed E-state index contributed by atoms with van der Waals surface area (Å²) in [7, 11) is 0. The minimum absolute atomic E-state index is 0.00364. The van der Waals surface area contributed by atoms with Gasteiger partial charge in [0.1, 0.15) is 6.04 Å². The summed E-state index contributed by atoms with van der Waals surface area (Å²) in [6.45, 7) is 6.80. The lowest BCUT2D eigenvalue weighted by Crippen LogP contribution is -2.61. The molecule has 0 spiro atoms. The van der Waals surface area contributed by atoms with Crippen LogP contribution >= 0.6 is 0 Å². The van der Waals surface area contributed by atoms with Gasteiger partial charge in [-0.3, -0.25) is 9.59 Å². The number of rotatable bonds is 3. The lowest BCUT2D eigenvalue weighted by Gasteiger charge is -2.42. The molecule has 3 unspecified atom stereocenters. The summed E-state index contributed by atoms with van der Waals surface area (Å²) < 4.78 is 0. The molecule has 1 aliphatic heterocycles. The fourth-order valence-electron chi connectivity index (χ4n) is 3.69. The molecule has 19 heavy (non-hydrogen) atoms. The molecule has 0 aromatic heterocycles. The topological polar surface area (TPSA) is 49.4 Å². The first kappa shape index (κ1) is 14.4. The third-order valence-electron chi connectivity index (χ3n) is 4.40. The number of hydrogen-bond acceptors (Lipinski definition) is 2. The largest absolute Gasteiger partial charge is 0.343 e. The first-order chi connectivity index (χ1) is 9.01. The third-order valence-corrected chi connectivity index (χ3v) is 4.40. The molecule has 0 radical (unpaired) electrons. The van der Waals surface area contributed by atoms with Crippen LogP contribution in [0.3, 0.4) is 0 Å². The quantitative estimate of drug-likeness (QED) is 0.848. The lowest BCUT2D eigenvalue weighted by molar-refractivity contribution is -0.148. The zero-order valence-corrected chi connectivity index (χ0v) is 12.3. The first-order valence-electron chi connectivity index (χ1n) is 7.61. The van der Waals surface area contributed by atoms with Gasteiger partial charge in [0, 0.05) is 6.04 Å². The number of piperazine rings is 1. The number of amides is 2. The Morgan fingerprint density at radius 1 is 1.16 bits per heavy atom. The van der Waals surface area contributed by atoms with E-state index in [1.807, 2.05) is 11.8 Å². The predicted octanol–water partition coefficient (Wildman–Crippen LogP) is 1.94. The van der Waals surface area contributed by atoms with Crippen LogP contribution in [0.1, 0.15) is 52.9 Å². The van der Waals surface area contributed by atoms with Crippen molar-refractivity contribution in [2.75, 3.05) is 6.54 Å². The monoisotopic (exact) mass is 266 g/mol. The first-order valence-corrected chi connectivity index (χ1v) is 7.61. The third kappa shape index (κ3) is 3.28. The second-order valence-corrected chi connectivity index (χ2v) is 6.45. The summed E-state index contributed by atoms with van der Waals surface area (Å²) in [4.78, 5) is 26.1. The normalized spacial score (nSPS) is 36.3. The summed E-state index contributed by atoms with van der Waals surface area (Å²) in [6.07, 6.45) is 4.99. The Hall–Kier alpha value is -1.06. The Balaban J connectivity index is 2.08. The summed E-state index contributed by atoms with van der Waals surface area (Å²) in [6, 6.07) is -0.0320. The van der Waals surface area contributed by atoms with Gasteiger partial charge in [0.25, 0.3) is 0 Å². The molecule has 4 heteroatoms. The Bertz CT molecular complexity index is 346. The molecule has 2 fully saturated rings. The number of carbonyl (C=O) groups is 2. The van der Waals surface area contributed by atoms with E-state index in [1.54, 1.807) is 0 Å². The smallest absolute Gasteiger partial charge is 0.245 e. The van der Waals surface area contributed by atoms with E-state index in [9.17, 15) is 9.59 Å². The molecule has 1 saturated heterocycles. The highest BCUT2D eigenvalue weighted by atomic mass is 16.2. The molecule has 2 amide bonds. The van der Waals surface area contributed by atoms with E-state index in [1.165, 1.54) is 6.42 Å². The van der Waals surface area contributed by atoms with Gasteiger partial charge < -0.3 is 10.2 Å². The van der Waals surface area contributed by atoms with E-state index in [-0.39, 0.29) is 30.4 Å². The van der Waals surface area contributed by atoms with Crippen LogP contribution in [0.25, 0.3) is 0 Å². The van der Waals surface area contributed by atoms with E-state index < -0.39 is 0 Å². The predicted molar refractivity (Wildman–Crippen MR) is 74.5 cm³/mol.